The molecule has 6 rings (SSSR count). The van der Waals surface area contributed by atoms with Crippen molar-refractivity contribution in [3.8, 4) is 11.5 Å². The van der Waals surface area contributed by atoms with Crippen LogP contribution in [0.5, 0.6) is 11.5 Å². The minimum absolute atomic E-state index is 0.0140. The molecule has 2 N–H and O–H groups in total. The molecule has 15 nitrogen and oxygen atoms in total. The number of hydrogen-bond donors (Lipinski definition) is 2. The second-order valence-electron chi connectivity index (χ2n) is 11.4. The number of nitrogens with zero attached hydrogens (tertiary/aromatic N) is 6. The number of benzene rings is 3. The highest BCUT2D eigenvalue weighted by molar-refractivity contribution is 7.32. The third-order valence-corrected chi connectivity index (χ3v) is 8.50. The van der Waals surface area contributed by atoms with Crippen LogP contribution in [0.15, 0.2) is 88.6 Å². The van der Waals surface area contributed by atoms with E-state index in [0.717, 1.165) is 16.7 Å². The van der Waals surface area contributed by atoms with Crippen molar-refractivity contribution in [3.05, 3.63) is 106 Å². The van der Waals surface area contributed by atoms with Gasteiger partial charge < -0.3 is 23.8 Å². The van der Waals surface area contributed by atoms with Gasteiger partial charge in [0.2, 0.25) is 5.95 Å². The predicted octanol–water partition coefficient (Wildman–Crippen LogP) is 4.08. The van der Waals surface area contributed by atoms with Gasteiger partial charge in [-0.05, 0) is 41.0 Å². The van der Waals surface area contributed by atoms with Gasteiger partial charge in [0.1, 0.15) is 29.3 Å². The van der Waals surface area contributed by atoms with E-state index in [9.17, 15) is 14.3 Å². The van der Waals surface area contributed by atoms with E-state index >= 15 is 0 Å². The van der Waals surface area contributed by atoms with Gasteiger partial charge in [0.25, 0.3) is 5.56 Å². The molecular formula is C33H35N7O8P+. The SMILES string of the molecule is COc1ccc(C(OC[C@H]2O[C@@H](n3nnc4c(=O)[nH]c(/N=C/N(C)C)nc43)C[C@@H]2O[P+](=O)O)(c2ccccc2)c2ccc(OC)cc2)cc1. The molecule has 0 saturated carbocycles. The Balaban J connectivity index is 1.39. The Labute approximate surface area is 282 Å². The van der Waals surface area contributed by atoms with Crippen molar-refractivity contribution in [1.82, 2.24) is 29.9 Å². The maximum absolute atomic E-state index is 12.8. The van der Waals surface area contributed by atoms with Crippen molar-refractivity contribution < 1.29 is 32.9 Å². The quantitative estimate of drug-likeness (QED) is 0.0786. The number of nitrogens with one attached hydrogen (secondary N) is 1. The molecule has 0 amide bonds. The summed E-state index contributed by atoms with van der Waals surface area (Å²) in [5.74, 6) is 1.39. The molecule has 0 spiro atoms. The number of rotatable bonds is 13. The summed E-state index contributed by atoms with van der Waals surface area (Å²) in [7, 11) is 3.75. The van der Waals surface area contributed by atoms with Gasteiger partial charge in [-0.3, -0.25) is 9.78 Å². The monoisotopic (exact) mass is 688 g/mol. The van der Waals surface area contributed by atoms with E-state index in [2.05, 4.69) is 25.3 Å². The van der Waals surface area contributed by atoms with E-state index in [1.165, 1.54) is 11.0 Å². The molecule has 2 aromatic heterocycles. The minimum Gasteiger partial charge on any atom is -0.497 e. The first kappa shape index (κ1) is 33.8. The largest absolute Gasteiger partial charge is 0.695 e. The van der Waals surface area contributed by atoms with Crippen molar-refractivity contribution in [2.75, 3.05) is 34.9 Å². The smallest absolute Gasteiger partial charge is 0.497 e. The summed E-state index contributed by atoms with van der Waals surface area (Å²) in [6, 6.07) is 24.8. The molecule has 3 aromatic carbocycles. The number of H-pyrrole nitrogens is 1. The Morgan fingerprint density at radius 3 is 2.20 bits per heavy atom. The van der Waals surface area contributed by atoms with E-state index in [1.54, 1.807) is 33.2 Å². The lowest BCUT2D eigenvalue weighted by Crippen LogP contribution is -2.38. The highest BCUT2D eigenvalue weighted by Gasteiger charge is 2.46. The average Bonchev–Trinajstić information content (AvgIpc) is 3.72. The molecule has 0 bridgehead atoms. The van der Waals surface area contributed by atoms with Crippen LogP contribution in [0.1, 0.15) is 29.3 Å². The van der Waals surface area contributed by atoms with Crippen molar-refractivity contribution >= 4 is 31.7 Å². The summed E-state index contributed by atoms with van der Waals surface area (Å²) in [4.78, 5) is 35.5. The fraction of sp³-hybridized carbons (Fsp3) is 0.303. The summed E-state index contributed by atoms with van der Waals surface area (Å²) >= 11 is 0. The van der Waals surface area contributed by atoms with Crippen molar-refractivity contribution in [2.24, 2.45) is 4.99 Å². The zero-order valence-electron chi connectivity index (χ0n) is 27.2. The zero-order chi connectivity index (χ0) is 34.5. The number of aliphatic imine (C=N–C) groups is 1. The average molecular weight is 689 g/mol. The summed E-state index contributed by atoms with van der Waals surface area (Å²) in [5.41, 5.74) is 0.813. The Bertz CT molecular complexity index is 1940. The van der Waals surface area contributed by atoms with Crippen LogP contribution in [0, 0.1) is 0 Å². The number of fused-ring (bicyclic) bond motifs is 1. The van der Waals surface area contributed by atoms with Gasteiger partial charge in [-0.1, -0.05) is 59.8 Å². The topological polar surface area (TPSA) is 176 Å². The standard InChI is InChI=1S/C33H34N7O8P/c1-39(2)20-34-32-35-30-29(31(41)36-32)37-38-40(30)28-18-26(48-49(42)43)27(47-28)19-46-33(21-8-6-5-7-9-21,22-10-14-24(44-3)15-11-22)23-12-16-25(45-4)17-13-23/h5-17,20,26-28H,18-19H2,1-4H3,(H-,35,36,38,41,42,43)/p+1/b34-20+/t26-,27+,28+/m0/s1. The van der Waals surface area contributed by atoms with Crippen LogP contribution in [0.3, 0.4) is 0 Å². The molecule has 254 valence electrons. The summed E-state index contributed by atoms with van der Waals surface area (Å²) in [6.07, 6.45) is -1.05. The molecule has 1 saturated heterocycles. The van der Waals surface area contributed by atoms with Gasteiger partial charge in [0, 0.05) is 25.1 Å². The van der Waals surface area contributed by atoms with Gasteiger partial charge in [-0.2, -0.15) is 9.67 Å². The number of ether oxygens (including phenoxy) is 4. The number of methoxy groups -OCH3 is 2. The van der Waals surface area contributed by atoms with Crippen LogP contribution in [0.4, 0.5) is 5.95 Å². The fourth-order valence-corrected chi connectivity index (χ4v) is 6.22. The third-order valence-electron chi connectivity index (χ3n) is 8.05. The van der Waals surface area contributed by atoms with Crippen molar-refractivity contribution in [2.45, 2.75) is 30.5 Å². The first-order valence-corrected chi connectivity index (χ1v) is 16.4. The molecule has 0 radical (unpaired) electrons. The summed E-state index contributed by atoms with van der Waals surface area (Å²) in [6.45, 7) is -0.0870. The third kappa shape index (κ3) is 7.07. The van der Waals surface area contributed by atoms with Crippen LogP contribution in [0.25, 0.3) is 11.2 Å². The number of aromatic amines is 1. The zero-order valence-corrected chi connectivity index (χ0v) is 28.1. The van der Waals surface area contributed by atoms with Gasteiger partial charge in [-0.25, -0.2) is 4.99 Å². The Kier molecular flexibility index (Phi) is 10.1. The molecule has 1 aliphatic rings. The highest BCUT2D eigenvalue weighted by atomic mass is 31.1. The number of hydrogen-bond acceptors (Lipinski definition) is 11. The lowest BCUT2D eigenvalue weighted by molar-refractivity contribution is -0.0926. The van der Waals surface area contributed by atoms with E-state index in [0.29, 0.717) is 11.5 Å². The highest BCUT2D eigenvalue weighted by Crippen LogP contribution is 2.43. The summed E-state index contributed by atoms with van der Waals surface area (Å²) < 4.78 is 43.1. The Morgan fingerprint density at radius 1 is 1.02 bits per heavy atom. The molecule has 0 aliphatic carbocycles. The molecule has 1 fully saturated rings. The molecule has 1 aliphatic heterocycles. The molecule has 4 atom stereocenters. The maximum Gasteiger partial charge on any atom is 0.695 e. The van der Waals surface area contributed by atoms with Gasteiger partial charge in [0.05, 0.1) is 27.2 Å². The van der Waals surface area contributed by atoms with Crippen LogP contribution in [-0.2, 0) is 24.2 Å². The summed E-state index contributed by atoms with van der Waals surface area (Å²) in [5, 5.41) is 8.16. The van der Waals surface area contributed by atoms with Crippen LogP contribution in [0.2, 0.25) is 0 Å². The van der Waals surface area contributed by atoms with Gasteiger partial charge >= 0.3 is 8.25 Å². The fourth-order valence-electron chi connectivity index (χ4n) is 5.76. The first-order chi connectivity index (χ1) is 23.7. The van der Waals surface area contributed by atoms with Crippen LogP contribution >= 0.6 is 8.25 Å². The molecule has 5 aromatic rings. The lowest BCUT2D eigenvalue weighted by Gasteiger charge is -2.37. The Hall–Kier alpha value is -5.05. The Morgan fingerprint density at radius 2 is 1.63 bits per heavy atom. The molecular weight excluding hydrogens is 653 g/mol. The molecule has 16 heteroatoms. The maximum atomic E-state index is 12.8. The van der Waals surface area contributed by atoms with E-state index in [4.69, 9.17) is 23.5 Å². The lowest BCUT2D eigenvalue weighted by atomic mass is 9.80. The van der Waals surface area contributed by atoms with Crippen molar-refractivity contribution in [1.29, 1.82) is 0 Å². The predicted molar refractivity (Wildman–Crippen MR) is 179 cm³/mol. The van der Waals surface area contributed by atoms with E-state index < -0.39 is 37.9 Å². The number of aromatic nitrogens is 5. The second kappa shape index (κ2) is 14.6. The van der Waals surface area contributed by atoms with Crippen LogP contribution in [-0.4, -0.2) is 88.2 Å². The molecule has 1 unspecified atom stereocenters. The van der Waals surface area contributed by atoms with E-state index in [-0.39, 0.29) is 30.1 Å². The van der Waals surface area contributed by atoms with E-state index in [1.807, 2.05) is 78.9 Å². The van der Waals surface area contributed by atoms with Gasteiger partial charge in [-0.15, -0.1) is 14.5 Å². The van der Waals surface area contributed by atoms with Crippen molar-refractivity contribution in [3.63, 3.8) is 0 Å². The molecule has 3 heterocycles. The second-order valence-corrected chi connectivity index (χ2v) is 12.1. The molecule has 49 heavy (non-hydrogen) atoms. The first-order valence-electron chi connectivity index (χ1n) is 15.2. The normalized spacial score (nSPS) is 18.2. The van der Waals surface area contributed by atoms with Gasteiger partial charge in [0.15, 0.2) is 17.4 Å². The van der Waals surface area contributed by atoms with Crippen LogP contribution < -0.4 is 15.0 Å². The minimum atomic E-state index is -3.01.